The number of amides is 2. The lowest BCUT2D eigenvalue weighted by molar-refractivity contribution is -0.115. The van der Waals surface area contributed by atoms with Gasteiger partial charge in [0.05, 0.1) is 16.3 Å². The molecule has 2 aliphatic rings. The number of anilines is 1. The van der Waals surface area contributed by atoms with Crippen molar-refractivity contribution in [3.8, 4) is 22.8 Å². The number of pyridine rings is 1. The van der Waals surface area contributed by atoms with E-state index in [4.69, 9.17) is 4.74 Å². The molecule has 2 N–H and O–H groups in total. The minimum absolute atomic E-state index is 0.347. The third kappa shape index (κ3) is 6.84. The zero-order valence-electron chi connectivity index (χ0n) is 22.9. The quantitative estimate of drug-likeness (QED) is 0.243. The van der Waals surface area contributed by atoms with Crippen LogP contribution in [0.5, 0.6) is 11.5 Å². The molecule has 0 atom stereocenters. The maximum atomic E-state index is 11.9. The first-order chi connectivity index (χ1) is 20.6. The largest absolute Gasteiger partial charge is 0.457 e. The summed E-state index contributed by atoms with van der Waals surface area (Å²) in [7, 11) is 0. The zero-order chi connectivity index (χ0) is 28.7. The van der Waals surface area contributed by atoms with Crippen molar-refractivity contribution in [2.24, 2.45) is 5.92 Å². The first-order valence-corrected chi connectivity index (χ1v) is 14.7. The lowest BCUT2D eigenvalue weighted by Crippen LogP contribution is -2.38. The summed E-state index contributed by atoms with van der Waals surface area (Å²) >= 11 is 0.888. The highest BCUT2D eigenvalue weighted by molar-refractivity contribution is 8.18. The third-order valence-electron chi connectivity index (χ3n) is 7.23. The number of piperidine rings is 1. The van der Waals surface area contributed by atoms with Crippen LogP contribution in [0.15, 0.2) is 90.1 Å². The van der Waals surface area contributed by atoms with Crippen LogP contribution < -0.4 is 20.3 Å². The van der Waals surface area contributed by atoms with E-state index in [9.17, 15) is 9.59 Å². The number of para-hydroxylation sites is 1. The van der Waals surface area contributed by atoms with Gasteiger partial charge in [0.1, 0.15) is 11.5 Å². The SMILES string of the molecule is O=C1NC(=O)/C(=C\c2ccnc(N3CCC(CNCc4cccnc4-c4ccc(Oc5ccccc5)cc4)CC3)n2)S1. The van der Waals surface area contributed by atoms with Crippen LogP contribution in [-0.2, 0) is 11.3 Å². The van der Waals surface area contributed by atoms with Gasteiger partial charge in [-0.2, -0.15) is 0 Å². The summed E-state index contributed by atoms with van der Waals surface area (Å²) < 4.78 is 5.93. The number of nitrogens with one attached hydrogen (secondary N) is 2. The average molecular weight is 579 g/mol. The Balaban J connectivity index is 1.01. The van der Waals surface area contributed by atoms with Crippen LogP contribution in [0.4, 0.5) is 10.7 Å². The van der Waals surface area contributed by atoms with E-state index in [2.05, 4.69) is 36.6 Å². The van der Waals surface area contributed by atoms with Crippen LogP contribution in [0.25, 0.3) is 17.3 Å². The summed E-state index contributed by atoms with van der Waals surface area (Å²) in [5.74, 6) is 2.41. The fourth-order valence-electron chi connectivity index (χ4n) is 5.04. The van der Waals surface area contributed by atoms with Crippen molar-refractivity contribution in [2.45, 2.75) is 19.4 Å². The van der Waals surface area contributed by atoms with E-state index < -0.39 is 0 Å². The number of carbonyl (C=O) groups excluding carboxylic acids is 2. The highest BCUT2D eigenvalue weighted by Gasteiger charge is 2.26. The molecule has 42 heavy (non-hydrogen) atoms. The van der Waals surface area contributed by atoms with E-state index in [0.29, 0.717) is 22.5 Å². The smallest absolute Gasteiger partial charge is 0.290 e. The average Bonchev–Trinajstić information content (AvgIpc) is 3.34. The van der Waals surface area contributed by atoms with Crippen LogP contribution in [0.1, 0.15) is 24.1 Å². The van der Waals surface area contributed by atoms with Crippen molar-refractivity contribution in [2.75, 3.05) is 24.5 Å². The first kappa shape index (κ1) is 27.6. The lowest BCUT2D eigenvalue weighted by Gasteiger charge is -2.32. The second-order valence-electron chi connectivity index (χ2n) is 10.1. The van der Waals surface area contributed by atoms with Gasteiger partial charge < -0.3 is 15.0 Å². The second kappa shape index (κ2) is 13.0. The van der Waals surface area contributed by atoms with E-state index >= 15 is 0 Å². The Morgan fingerprint density at radius 2 is 1.71 bits per heavy atom. The Bertz CT molecular complexity index is 1590. The van der Waals surface area contributed by atoms with E-state index in [1.807, 2.05) is 66.9 Å². The van der Waals surface area contributed by atoms with Crippen LogP contribution in [0, 0.1) is 5.92 Å². The highest BCUT2D eigenvalue weighted by Crippen LogP contribution is 2.28. The van der Waals surface area contributed by atoms with Gasteiger partial charge in [0.15, 0.2) is 0 Å². The molecule has 2 fully saturated rings. The van der Waals surface area contributed by atoms with Gasteiger partial charge in [-0.15, -0.1) is 0 Å². The van der Waals surface area contributed by atoms with Crippen LogP contribution in [0.3, 0.4) is 0 Å². The number of ether oxygens (including phenoxy) is 1. The summed E-state index contributed by atoms with van der Waals surface area (Å²) in [6.07, 6.45) is 7.20. The van der Waals surface area contributed by atoms with Crippen molar-refractivity contribution in [3.63, 3.8) is 0 Å². The number of thioether (sulfide) groups is 1. The molecule has 6 rings (SSSR count). The Morgan fingerprint density at radius 3 is 2.48 bits per heavy atom. The molecule has 2 aromatic carbocycles. The molecule has 2 aliphatic heterocycles. The normalized spacial score (nSPS) is 16.6. The van der Waals surface area contributed by atoms with Crippen molar-refractivity contribution >= 4 is 34.9 Å². The summed E-state index contributed by atoms with van der Waals surface area (Å²) in [5.41, 5.74) is 3.79. The molecule has 212 valence electrons. The monoisotopic (exact) mass is 578 g/mol. The van der Waals surface area contributed by atoms with Crippen molar-refractivity contribution in [1.82, 2.24) is 25.6 Å². The predicted molar refractivity (Wildman–Crippen MR) is 164 cm³/mol. The van der Waals surface area contributed by atoms with Gasteiger partial charge in [-0.25, -0.2) is 9.97 Å². The number of hydrogen-bond acceptors (Lipinski definition) is 9. The van der Waals surface area contributed by atoms with E-state index in [-0.39, 0.29) is 11.1 Å². The Morgan fingerprint density at radius 1 is 0.929 bits per heavy atom. The molecule has 4 aromatic rings. The molecule has 0 bridgehead atoms. The van der Waals surface area contributed by atoms with Crippen molar-refractivity contribution in [3.05, 3.63) is 101 Å². The molecule has 2 saturated heterocycles. The second-order valence-corrected chi connectivity index (χ2v) is 11.2. The molecule has 10 heteroatoms. The standard InChI is InChI=1S/C32H30N6O3S/c39-30-28(42-32(40)37-30)19-25-12-16-35-31(36-25)38-17-13-22(14-18-38)20-33-21-24-5-4-15-34-29(24)23-8-10-27(11-9-23)41-26-6-2-1-3-7-26/h1-12,15-16,19,22,33H,13-14,17-18,20-21H2,(H,37,39,40)/b28-19+. The Hall–Kier alpha value is -4.54. The molecule has 9 nitrogen and oxygen atoms in total. The minimum Gasteiger partial charge on any atom is -0.457 e. The molecule has 2 amide bonds. The highest BCUT2D eigenvalue weighted by atomic mass is 32.2. The van der Waals surface area contributed by atoms with E-state index in [1.54, 1.807) is 18.3 Å². The Labute approximate surface area is 248 Å². The number of carbonyl (C=O) groups is 2. The van der Waals surface area contributed by atoms with E-state index in [1.165, 1.54) is 0 Å². The van der Waals surface area contributed by atoms with Crippen LogP contribution in [0.2, 0.25) is 0 Å². The lowest BCUT2D eigenvalue weighted by atomic mass is 9.97. The van der Waals surface area contributed by atoms with Gasteiger partial charge >= 0.3 is 0 Å². The molecule has 0 saturated carbocycles. The first-order valence-electron chi connectivity index (χ1n) is 13.9. The number of nitrogens with zero attached hydrogens (tertiary/aromatic N) is 4. The number of rotatable bonds is 9. The van der Waals surface area contributed by atoms with Crippen molar-refractivity contribution < 1.29 is 14.3 Å². The van der Waals surface area contributed by atoms with Crippen molar-refractivity contribution in [1.29, 1.82) is 0 Å². The van der Waals surface area contributed by atoms with Gasteiger partial charge in [-0.1, -0.05) is 24.3 Å². The molecule has 0 spiro atoms. The molecule has 4 heterocycles. The molecule has 2 aromatic heterocycles. The fraction of sp³-hybridized carbons (Fsp3) is 0.219. The molecular weight excluding hydrogens is 548 g/mol. The topological polar surface area (TPSA) is 109 Å². The maximum Gasteiger partial charge on any atom is 0.290 e. The number of imide groups is 1. The summed E-state index contributed by atoms with van der Waals surface area (Å²) in [6, 6.07) is 23.6. The summed E-state index contributed by atoms with van der Waals surface area (Å²) in [5, 5.41) is 5.55. The zero-order valence-corrected chi connectivity index (χ0v) is 23.7. The van der Waals surface area contributed by atoms with Gasteiger partial charge in [-0.05, 0) is 97.2 Å². The number of hydrogen-bond donors (Lipinski definition) is 2. The van der Waals surface area contributed by atoms with Gasteiger partial charge in [0.2, 0.25) is 5.95 Å². The number of benzene rings is 2. The molecule has 0 radical (unpaired) electrons. The fourth-order valence-corrected chi connectivity index (χ4v) is 5.71. The summed E-state index contributed by atoms with van der Waals surface area (Å²) in [6.45, 7) is 3.37. The van der Waals surface area contributed by atoms with Gasteiger partial charge in [-0.3, -0.25) is 19.9 Å². The maximum absolute atomic E-state index is 11.9. The predicted octanol–water partition coefficient (Wildman–Crippen LogP) is 5.66. The summed E-state index contributed by atoms with van der Waals surface area (Å²) in [4.78, 5) is 39.6. The van der Waals surface area contributed by atoms with Crippen LogP contribution >= 0.6 is 11.8 Å². The third-order valence-corrected chi connectivity index (χ3v) is 8.04. The molecule has 0 unspecified atom stereocenters. The minimum atomic E-state index is -0.386. The molecule has 0 aliphatic carbocycles. The molecular formula is C32H30N6O3S. The van der Waals surface area contributed by atoms with Crippen LogP contribution in [-0.4, -0.2) is 45.7 Å². The number of aromatic nitrogens is 3. The van der Waals surface area contributed by atoms with E-state index in [0.717, 1.165) is 79.1 Å². The van der Waals surface area contributed by atoms with Gasteiger partial charge in [0, 0.05) is 37.6 Å². The van der Waals surface area contributed by atoms with Gasteiger partial charge in [0.25, 0.3) is 11.1 Å². The Kier molecular flexibility index (Phi) is 8.53.